The van der Waals surface area contributed by atoms with Crippen molar-refractivity contribution in [1.82, 2.24) is 9.97 Å². The average molecular weight is 379 g/mol. The van der Waals surface area contributed by atoms with Crippen molar-refractivity contribution < 1.29 is 0 Å². The van der Waals surface area contributed by atoms with Crippen LogP contribution < -0.4 is 0 Å². The Kier molecular flexibility index (Phi) is 4.06. The largest absolute Gasteiger partial charge is 0.236 e. The number of aromatic nitrogens is 2. The molecular weight excluding hydrogens is 352 g/mol. The molecule has 1 aliphatic rings. The molecule has 0 aliphatic heterocycles. The zero-order valence-electron chi connectivity index (χ0n) is 17.6. The van der Waals surface area contributed by atoms with Gasteiger partial charge in [0, 0.05) is 17.3 Å². The SMILES string of the molecule is Cc1ccc2c(c1)CCc1cnc(-c3cc(C(C)(C)C)c4ccccc4c3)nc1-2. The molecule has 144 valence electrons. The zero-order chi connectivity index (χ0) is 20.2. The molecule has 0 fully saturated rings. The number of fused-ring (bicyclic) bond motifs is 4. The van der Waals surface area contributed by atoms with E-state index in [4.69, 9.17) is 9.97 Å². The van der Waals surface area contributed by atoms with Crippen LogP contribution in [0.2, 0.25) is 0 Å². The van der Waals surface area contributed by atoms with Gasteiger partial charge in [-0.15, -0.1) is 0 Å². The van der Waals surface area contributed by atoms with Gasteiger partial charge in [0.15, 0.2) is 5.82 Å². The lowest BCUT2D eigenvalue weighted by Gasteiger charge is -2.23. The molecule has 0 unspecified atom stereocenters. The van der Waals surface area contributed by atoms with E-state index in [2.05, 4.69) is 82.3 Å². The molecule has 0 saturated heterocycles. The van der Waals surface area contributed by atoms with Crippen LogP contribution in [0.25, 0.3) is 33.4 Å². The average Bonchev–Trinajstić information content (AvgIpc) is 2.71. The Bertz CT molecular complexity index is 1250. The van der Waals surface area contributed by atoms with E-state index in [0.717, 1.165) is 29.9 Å². The third-order valence-corrected chi connectivity index (χ3v) is 5.97. The molecule has 0 spiro atoms. The molecule has 5 rings (SSSR count). The van der Waals surface area contributed by atoms with Crippen molar-refractivity contribution in [2.24, 2.45) is 0 Å². The highest BCUT2D eigenvalue weighted by Crippen LogP contribution is 2.36. The van der Waals surface area contributed by atoms with Crippen LogP contribution in [-0.4, -0.2) is 9.97 Å². The van der Waals surface area contributed by atoms with Gasteiger partial charge in [0.1, 0.15) is 0 Å². The molecule has 0 saturated carbocycles. The Morgan fingerprint density at radius 2 is 1.66 bits per heavy atom. The number of hydrogen-bond acceptors (Lipinski definition) is 2. The van der Waals surface area contributed by atoms with E-state index in [0.29, 0.717) is 0 Å². The van der Waals surface area contributed by atoms with Crippen LogP contribution in [0.1, 0.15) is 43.0 Å². The molecule has 0 amide bonds. The summed E-state index contributed by atoms with van der Waals surface area (Å²) in [5.74, 6) is 0.813. The van der Waals surface area contributed by atoms with E-state index >= 15 is 0 Å². The molecule has 1 aromatic heterocycles. The first-order valence-corrected chi connectivity index (χ1v) is 10.4. The van der Waals surface area contributed by atoms with Crippen molar-refractivity contribution in [3.8, 4) is 22.6 Å². The van der Waals surface area contributed by atoms with Gasteiger partial charge in [-0.05, 0) is 64.8 Å². The molecule has 4 aromatic rings. The number of nitrogens with zero attached hydrogens (tertiary/aromatic N) is 2. The van der Waals surface area contributed by atoms with Gasteiger partial charge in [-0.2, -0.15) is 0 Å². The van der Waals surface area contributed by atoms with E-state index in [1.807, 2.05) is 6.20 Å². The van der Waals surface area contributed by atoms with E-state index in [1.54, 1.807) is 0 Å². The highest BCUT2D eigenvalue weighted by Gasteiger charge is 2.21. The summed E-state index contributed by atoms with van der Waals surface area (Å²) in [5, 5.41) is 2.55. The lowest BCUT2D eigenvalue weighted by molar-refractivity contribution is 0.596. The minimum Gasteiger partial charge on any atom is -0.236 e. The maximum atomic E-state index is 5.07. The lowest BCUT2D eigenvalue weighted by atomic mass is 9.82. The summed E-state index contributed by atoms with van der Waals surface area (Å²) in [7, 11) is 0. The molecule has 1 aliphatic carbocycles. The van der Waals surface area contributed by atoms with Gasteiger partial charge in [-0.1, -0.05) is 68.8 Å². The number of benzene rings is 3. The summed E-state index contributed by atoms with van der Waals surface area (Å²) in [4.78, 5) is 9.85. The molecule has 1 heterocycles. The minimum absolute atomic E-state index is 0.0496. The summed E-state index contributed by atoms with van der Waals surface area (Å²) in [6.07, 6.45) is 4.11. The predicted octanol–water partition coefficient (Wildman–Crippen LogP) is 6.67. The van der Waals surface area contributed by atoms with Crippen molar-refractivity contribution in [3.05, 3.63) is 83.0 Å². The molecule has 2 nitrogen and oxygen atoms in total. The van der Waals surface area contributed by atoms with Crippen molar-refractivity contribution in [2.75, 3.05) is 0 Å². The predicted molar refractivity (Wildman–Crippen MR) is 121 cm³/mol. The molecular formula is C27H26N2. The molecule has 0 atom stereocenters. The monoisotopic (exact) mass is 378 g/mol. The number of hydrogen-bond donors (Lipinski definition) is 0. The molecule has 2 heteroatoms. The van der Waals surface area contributed by atoms with Crippen LogP contribution in [0.5, 0.6) is 0 Å². The van der Waals surface area contributed by atoms with Crippen LogP contribution in [0, 0.1) is 6.92 Å². The van der Waals surface area contributed by atoms with Gasteiger partial charge >= 0.3 is 0 Å². The summed E-state index contributed by atoms with van der Waals surface area (Å²) in [6.45, 7) is 8.96. The third-order valence-electron chi connectivity index (χ3n) is 5.97. The standard InChI is InChI=1S/C27H26N2/c1-17-9-12-23-19(13-17)10-11-20-16-28-26(29-25(20)23)21-14-18-7-5-6-8-22(18)24(15-21)27(2,3)4/h5-9,12-16H,10-11H2,1-4H3. The molecule has 0 bridgehead atoms. The Morgan fingerprint density at radius 3 is 2.48 bits per heavy atom. The molecule has 0 N–H and O–H groups in total. The fourth-order valence-electron chi connectivity index (χ4n) is 4.45. The second-order valence-electron chi connectivity index (χ2n) is 9.22. The van der Waals surface area contributed by atoms with E-state index in [-0.39, 0.29) is 5.41 Å². The molecule has 29 heavy (non-hydrogen) atoms. The topological polar surface area (TPSA) is 25.8 Å². The van der Waals surface area contributed by atoms with E-state index in [1.165, 1.54) is 38.6 Å². The summed E-state index contributed by atoms with van der Waals surface area (Å²) < 4.78 is 0. The van der Waals surface area contributed by atoms with Gasteiger partial charge < -0.3 is 0 Å². The summed E-state index contributed by atoms with van der Waals surface area (Å²) >= 11 is 0. The van der Waals surface area contributed by atoms with Gasteiger partial charge in [-0.3, -0.25) is 0 Å². The van der Waals surface area contributed by atoms with Gasteiger partial charge in [0.05, 0.1) is 5.69 Å². The number of aryl methyl sites for hydroxylation is 3. The second kappa shape index (κ2) is 6.52. The first-order chi connectivity index (χ1) is 13.9. The van der Waals surface area contributed by atoms with Crippen LogP contribution in [0.4, 0.5) is 0 Å². The highest BCUT2D eigenvalue weighted by molar-refractivity contribution is 5.90. The summed E-state index contributed by atoms with van der Waals surface area (Å²) in [6, 6.07) is 19.8. The van der Waals surface area contributed by atoms with Crippen molar-refractivity contribution in [1.29, 1.82) is 0 Å². The van der Waals surface area contributed by atoms with Crippen molar-refractivity contribution in [2.45, 2.75) is 46.0 Å². The lowest BCUT2D eigenvalue weighted by Crippen LogP contribution is -2.12. The van der Waals surface area contributed by atoms with Crippen molar-refractivity contribution in [3.63, 3.8) is 0 Å². The smallest absolute Gasteiger partial charge is 0.159 e. The minimum atomic E-state index is 0.0496. The first-order valence-electron chi connectivity index (χ1n) is 10.4. The van der Waals surface area contributed by atoms with Gasteiger partial charge in [0.25, 0.3) is 0 Å². The maximum absolute atomic E-state index is 5.07. The van der Waals surface area contributed by atoms with Crippen LogP contribution in [-0.2, 0) is 18.3 Å². The number of rotatable bonds is 1. The fourth-order valence-corrected chi connectivity index (χ4v) is 4.45. The normalized spacial score (nSPS) is 13.2. The first kappa shape index (κ1) is 18.1. The Balaban J connectivity index is 1.71. The van der Waals surface area contributed by atoms with Crippen LogP contribution in [0.3, 0.4) is 0 Å². The van der Waals surface area contributed by atoms with Gasteiger partial charge in [-0.25, -0.2) is 9.97 Å². The second-order valence-corrected chi connectivity index (χ2v) is 9.22. The third kappa shape index (κ3) is 3.13. The van der Waals surface area contributed by atoms with Gasteiger partial charge in [0.2, 0.25) is 0 Å². The Morgan fingerprint density at radius 1 is 0.862 bits per heavy atom. The fraction of sp³-hybridized carbons (Fsp3) is 0.259. The Hall–Kier alpha value is -3.00. The van der Waals surface area contributed by atoms with E-state index in [9.17, 15) is 0 Å². The van der Waals surface area contributed by atoms with E-state index < -0.39 is 0 Å². The summed E-state index contributed by atoms with van der Waals surface area (Å²) in [5.41, 5.74) is 8.80. The Labute approximate surface area is 172 Å². The van der Waals surface area contributed by atoms with Crippen LogP contribution in [0.15, 0.2) is 60.8 Å². The maximum Gasteiger partial charge on any atom is 0.159 e. The zero-order valence-corrected chi connectivity index (χ0v) is 17.6. The highest BCUT2D eigenvalue weighted by atomic mass is 14.9. The molecule has 0 radical (unpaired) electrons. The van der Waals surface area contributed by atoms with Crippen LogP contribution >= 0.6 is 0 Å². The molecule has 3 aromatic carbocycles. The quantitative estimate of drug-likeness (QED) is 0.370. The van der Waals surface area contributed by atoms with Crippen molar-refractivity contribution >= 4 is 10.8 Å².